The van der Waals surface area contributed by atoms with Gasteiger partial charge in [0.25, 0.3) is 0 Å². The highest BCUT2D eigenvalue weighted by Crippen LogP contribution is 2.33. The monoisotopic (exact) mass is 279 g/mol. The predicted octanol–water partition coefficient (Wildman–Crippen LogP) is 1.45. The maximum Gasteiger partial charge on any atom is 0.204 e. The van der Waals surface area contributed by atoms with E-state index in [4.69, 9.17) is 4.74 Å². The predicted molar refractivity (Wildman–Crippen MR) is 81.7 cm³/mol. The molecule has 6 heteroatoms. The van der Waals surface area contributed by atoms with Crippen molar-refractivity contribution < 1.29 is 4.74 Å². The van der Waals surface area contributed by atoms with Crippen LogP contribution in [0.25, 0.3) is 0 Å². The van der Waals surface area contributed by atoms with Crippen molar-refractivity contribution in [2.45, 2.75) is 25.8 Å². The maximum atomic E-state index is 5.53. The molecule has 0 spiro atoms. The summed E-state index contributed by atoms with van der Waals surface area (Å²) in [6.45, 7) is 5.08. The van der Waals surface area contributed by atoms with Crippen molar-refractivity contribution in [1.29, 1.82) is 0 Å². The van der Waals surface area contributed by atoms with Crippen molar-refractivity contribution in [3.8, 4) is 5.75 Å². The molecule has 2 heterocycles. The van der Waals surface area contributed by atoms with Crippen LogP contribution in [-0.4, -0.2) is 61.7 Å². The number of piperidine rings is 1. The van der Waals surface area contributed by atoms with Crippen LogP contribution in [0.15, 0.2) is 6.33 Å². The second-order valence-corrected chi connectivity index (χ2v) is 5.28. The van der Waals surface area contributed by atoms with Gasteiger partial charge in [-0.05, 0) is 33.4 Å². The summed E-state index contributed by atoms with van der Waals surface area (Å²) in [5, 5.41) is 3.22. The van der Waals surface area contributed by atoms with Gasteiger partial charge in [0.15, 0.2) is 11.6 Å². The van der Waals surface area contributed by atoms with Crippen LogP contribution in [0.5, 0.6) is 5.75 Å². The smallest absolute Gasteiger partial charge is 0.204 e. The van der Waals surface area contributed by atoms with Gasteiger partial charge in [-0.3, -0.25) is 0 Å². The van der Waals surface area contributed by atoms with E-state index in [0.29, 0.717) is 6.04 Å². The summed E-state index contributed by atoms with van der Waals surface area (Å²) < 4.78 is 5.53. The van der Waals surface area contributed by atoms with Gasteiger partial charge in [0.2, 0.25) is 5.75 Å². The Labute approximate surface area is 121 Å². The Kier molecular flexibility index (Phi) is 5.00. The van der Waals surface area contributed by atoms with Crippen LogP contribution in [-0.2, 0) is 0 Å². The fraction of sp³-hybridized carbons (Fsp3) is 0.714. The number of ether oxygens (including phenoxy) is 1. The number of likely N-dealkylation sites (N-methyl/N-ethyl adjacent to an activating group) is 2. The van der Waals surface area contributed by atoms with Crippen LogP contribution in [0.1, 0.15) is 19.8 Å². The standard InChI is InChI=1S/C14H25N5O/c1-5-15-13-12(20-4)14(17-10-16-13)19(3)11-7-6-8-18(2)9-11/h10-11H,5-9H2,1-4H3,(H,15,16,17). The van der Waals surface area contributed by atoms with Crippen LogP contribution in [0.3, 0.4) is 0 Å². The van der Waals surface area contributed by atoms with E-state index in [1.54, 1.807) is 13.4 Å². The molecule has 0 bridgehead atoms. The molecule has 2 rings (SSSR count). The number of hydrogen-bond acceptors (Lipinski definition) is 6. The number of nitrogens with one attached hydrogen (secondary N) is 1. The fourth-order valence-electron chi connectivity index (χ4n) is 2.73. The lowest BCUT2D eigenvalue weighted by Crippen LogP contribution is -2.45. The topological polar surface area (TPSA) is 53.5 Å². The summed E-state index contributed by atoms with van der Waals surface area (Å²) in [6.07, 6.45) is 4.00. The van der Waals surface area contributed by atoms with Gasteiger partial charge in [-0.15, -0.1) is 0 Å². The van der Waals surface area contributed by atoms with E-state index in [9.17, 15) is 0 Å². The van der Waals surface area contributed by atoms with Crippen molar-refractivity contribution in [2.24, 2.45) is 0 Å². The Morgan fingerprint density at radius 3 is 2.95 bits per heavy atom. The maximum absolute atomic E-state index is 5.53. The Hall–Kier alpha value is -1.56. The summed E-state index contributed by atoms with van der Waals surface area (Å²) in [5.41, 5.74) is 0. The van der Waals surface area contributed by atoms with Crippen LogP contribution in [0.4, 0.5) is 11.6 Å². The molecule has 1 atom stereocenters. The number of hydrogen-bond donors (Lipinski definition) is 1. The molecule has 1 aliphatic rings. The zero-order valence-corrected chi connectivity index (χ0v) is 12.9. The largest absolute Gasteiger partial charge is 0.490 e. The van der Waals surface area contributed by atoms with Crippen molar-refractivity contribution in [3.63, 3.8) is 0 Å². The van der Waals surface area contributed by atoms with Gasteiger partial charge in [0, 0.05) is 26.2 Å². The van der Waals surface area contributed by atoms with Gasteiger partial charge in [0.1, 0.15) is 6.33 Å². The van der Waals surface area contributed by atoms with E-state index in [1.807, 2.05) is 6.92 Å². The fourth-order valence-corrected chi connectivity index (χ4v) is 2.73. The molecular weight excluding hydrogens is 254 g/mol. The first kappa shape index (κ1) is 14.8. The Balaban J connectivity index is 2.24. The quantitative estimate of drug-likeness (QED) is 0.880. The Bertz CT molecular complexity index is 440. The molecule has 0 aliphatic carbocycles. The van der Waals surface area contributed by atoms with E-state index in [-0.39, 0.29) is 0 Å². The van der Waals surface area contributed by atoms with Gasteiger partial charge in [-0.1, -0.05) is 0 Å². The molecule has 0 aromatic carbocycles. The van der Waals surface area contributed by atoms with E-state index >= 15 is 0 Å². The molecule has 1 unspecified atom stereocenters. The van der Waals surface area contributed by atoms with Crippen LogP contribution in [0, 0.1) is 0 Å². The highest BCUT2D eigenvalue weighted by atomic mass is 16.5. The summed E-state index contributed by atoms with van der Waals surface area (Å²) in [7, 11) is 5.93. The average molecular weight is 279 g/mol. The molecule has 1 N–H and O–H groups in total. The minimum Gasteiger partial charge on any atom is -0.490 e. The lowest BCUT2D eigenvalue weighted by atomic mass is 10.1. The summed E-state index contributed by atoms with van der Waals surface area (Å²) in [5.74, 6) is 2.35. The number of nitrogens with zero attached hydrogens (tertiary/aromatic N) is 4. The minimum absolute atomic E-state index is 0.465. The van der Waals surface area contributed by atoms with E-state index in [1.165, 1.54) is 19.4 Å². The number of likely N-dealkylation sites (tertiary alicyclic amines) is 1. The molecule has 112 valence electrons. The van der Waals surface area contributed by atoms with Crippen LogP contribution in [0.2, 0.25) is 0 Å². The second-order valence-electron chi connectivity index (χ2n) is 5.28. The molecule has 1 aromatic rings. The average Bonchev–Trinajstić information content (AvgIpc) is 2.46. The molecule has 20 heavy (non-hydrogen) atoms. The Morgan fingerprint density at radius 1 is 1.50 bits per heavy atom. The van der Waals surface area contributed by atoms with Crippen LogP contribution >= 0.6 is 0 Å². The van der Waals surface area contributed by atoms with Gasteiger partial charge in [-0.25, -0.2) is 9.97 Å². The lowest BCUT2D eigenvalue weighted by Gasteiger charge is -2.36. The number of rotatable bonds is 5. The normalized spacial score (nSPS) is 19.7. The van der Waals surface area contributed by atoms with E-state index in [0.717, 1.165) is 30.5 Å². The zero-order chi connectivity index (χ0) is 14.5. The summed E-state index contributed by atoms with van der Waals surface area (Å²) in [6, 6.07) is 0.465. The number of anilines is 2. The second kappa shape index (κ2) is 6.74. The highest BCUT2D eigenvalue weighted by molar-refractivity contribution is 5.64. The summed E-state index contributed by atoms with van der Waals surface area (Å²) >= 11 is 0. The van der Waals surface area contributed by atoms with Crippen molar-refractivity contribution in [2.75, 3.05) is 51.1 Å². The van der Waals surface area contributed by atoms with Gasteiger partial charge < -0.3 is 19.9 Å². The molecule has 1 fully saturated rings. The van der Waals surface area contributed by atoms with Gasteiger partial charge in [0.05, 0.1) is 7.11 Å². The zero-order valence-electron chi connectivity index (χ0n) is 12.9. The molecule has 0 amide bonds. The molecule has 0 radical (unpaired) electrons. The van der Waals surface area contributed by atoms with Crippen LogP contribution < -0.4 is 15.0 Å². The number of aromatic nitrogens is 2. The molecule has 6 nitrogen and oxygen atoms in total. The van der Waals surface area contributed by atoms with Gasteiger partial charge >= 0.3 is 0 Å². The van der Waals surface area contributed by atoms with Crippen molar-refractivity contribution in [3.05, 3.63) is 6.33 Å². The molecule has 0 saturated carbocycles. The first-order valence-electron chi connectivity index (χ1n) is 7.21. The molecule has 1 aromatic heterocycles. The lowest BCUT2D eigenvalue weighted by molar-refractivity contribution is 0.246. The SMILES string of the molecule is CCNc1ncnc(N(C)C2CCCN(C)C2)c1OC. The molecule has 1 saturated heterocycles. The van der Waals surface area contributed by atoms with Gasteiger partial charge in [-0.2, -0.15) is 0 Å². The Morgan fingerprint density at radius 2 is 2.30 bits per heavy atom. The van der Waals surface area contributed by atoms with Crippen molar-refractivity contribution >= 4 is 11.6 Å². The molecule has 1 aliphatic heterocycles. The third-order valence-electron chi connectivity index (χ3n) is 3.81. The van der Waals surface area contributed by atoms with E-state index < -0.39 is 0 Å². The minimum atomic E-state index is 0.465. The first-order valence-corrected chi connectivity index (χ1v) is 7.21. The first-order chi connectivity index (χ1) is 9.67. The number of methoxy groups -OCH3 is 1. The highest BCUT2D eigenvalue weighted by Gasteiger charge is 2.25. The molecular formula is C14H25N5O. The van der Waals surface area contributed by atoms with Crippen molar-refractivity contribution in [1.82, 2.24) is 14.9 Å². The van der Waals surface area contributed by atoms with E-state index in [2.05, 4.69) is 39.2 Å². The third-order valence-corrected chi connectivity index (χ3v) is 3.81. The summed E-state index contributed by atoms with van der Waals surface area (Å²) in [4.78, 5) is 13.3. The third kappa shape index (κ3) is 3.12.